The molecule has 5 aromatic rings. The molecule has 0 saturated carbocycles. The van der Waals surface area contributed by atoms with Gasteiger partial charge in [-0.25, -0.2) is 14.2 Å². The van der Waals surface area contributed by atoms with Gasteiger partial charge in [-0.1, -0.05) is 17.7 Å². The number of fused-ring (bicyclic) bond motifs is 3. The molecule has 12 nitrogen and oxygen atoms in total. The third kappa shape index (κ3) is 4.66. The van der Waals surface area contributed by atoms with E-state index in [4.69, 9.17) is 27.3 Å². The van der Waals surface area contributed by atoms with Crippen molar-refractivity contribution in [2.45, 2.75) is 6.54 Å². The van der Waals surface area contributed by atoms with Crippen molar-refractivity contribution in [2.24, 2.45) is 0 Å². The van der Waals surface area contributed by atoms with Crippen LogP contribution in [0.4, 0.5) is 16.0 Å². The second-order valence-electron chi connectivity index (χ2n) is 9.47. The first kappa shape index (κ1) is 26.4. The van der Waals surface area contributed by atoms with E-state index in [0.29, 0.717) is 73.2 Å². The molecule has 0 radical (unpaired) electrons. The summed E-state index contributed by atoms with van der Waals surface area (Å²) in [7, 11) is 1.29. The third-order valence-electron chi connectivity index (χ3n) is 7.15. The zero-order chi connectivity index (χ0) is 28.7. The van der Waals surface area contributed by atoms with Gasteiger partial charge in [0.15, 0.2) is 5.65 Å². The second kappa shape index (κ2) is 10.6. The number of anilines is 2. The van der Waals surface area contributed by atoms with Gasteiger partial charge in [0, 0.05) is 45.5 Å². The molecular weight excluding hydrogens is 551 g/mol. The van der Waals surface area contributed by atoms with Crippen molar-refractivity contribution in [1.82, 2.24) is 34.0 Å². The summed E-state index contributed by atoms with van der Waals surface area (Å²) in [5.74, 6) is -0.614. The molecule has 41 heavy (non-hydrogen) atoms. The Hall–Kier alpha value is -4.80. The molecule has 1 aromatic carbocycles. The zero-order valence-corrected chi connectivity index (χ0v) is 22.7. The predicted molar refractivity (Wildman–Crippen MR) is 150 cm³/mol. The van der Waals surface area contributed by atoms with Gasteiger partial charge >= 0.3 is 5.97 Å². The molecule has 0 atom stereocenters. The quantitative estimate of drug-likeness (QED) is 0.300. The van der Waals surface area contributed by atoms with Gasteiger partial charge in [0.2, 0.25) is 11.8 Å². The van der Waals surface area contributed by atoms with Gasteiger partial charge in [-0.05, 0) is 30.3 Å². The number of carbonyl (C=O) groups is 1. The molecule has 208 valence electrons. The van der Waals surface area contributed by atoms with Crippen LogP contribution < -0.4 is 10.6 Å². The fourth-order valence-electron chi connectivity index (χ4n) is 5.08. The van der Waals surface area contributed by atoms with Gasteiger partial charge in [0.25, 0.3) is 0 Å². The topological polar surface area (TPSA) is 143 Å². The van der Waals surface area contributed by atoms with Crippen molar-refractivity contribution < 1.29 is 13.9 Å². The second-order valence-corrected chi connectivity index (χ2v) is 9.84. The number of hydrogen-bond donors (Lipinski definition) is 1. The van der Waals surface area contributed by atoms with E-state index in [9.17, 15) is 9.18 Å². The van der Waals surface area contributed by atoms with Gasteiger partial charge in [0.05, 0.1) is 34.8 Å². The molecule has 0 spiro atoms. The van der Waals surface area contributed by atoms with E-state index >= 15 is 0 Å². The first-order valence-corrected chi connectivity index (χ1v) is 13.2. The monoisotopic (exact) mass is 574 g/mol. The molecule has 2 N–H and O–H groups in total. The molecule has 0 amide bonds. The lowest BCUT2D eigenvalue weighted by Gasteiger charge is -2.36. The minimum atomic E-state index is -0.615. The fourth-order valence-corrected chi connectivity index (χ4v) is 5.43. The third-order valence-corrected chi connectivity index (χ3v) is 7.52. The molecule has 14 heteroatoms. The van der Waals surface area contributed by atoms with E-state index < -0.39 is 11.8 Å². The minimum absolute atomic E-state index is 0.0760. The van der Waals surface area contributed by atoms with Crippen molar-refractivity contribution in [3.05, 3.63) is 64.7 Å². The number of nitrogens with two attached hydrogens (primary N) is 1. The first-order chi connectivity index (χ1) is 19.9. The lowest BCUT2D eigenvalue weighted by atomic mass is 10.2. The van der Waals surface area contributed by atoms with E-state index in [-0.39, 0.29) is 22.2 Å². The van der Waals surface area contributed by atoms with Gasteiger partial charge in [-0.3, -0.25) is 9.88 Å². The van der Waals surface area contributed by atoms with E-state index in [2.05, 4.69) is 25.0 Å². The van der Waals surface area contributed by atoms with Crippen molar-refractivity contribution in [2.75, 3.05) is 50.5 Å². The molecule has 0 aliphatic carbocycles. The van der Waals surface area contributed by atoms with Crippen molar-refractivity contribution in [3.8, 4) is 17.6 Å². The van der Waals surface area contributed by atoms with E-state index in [1.54, 1.807) is 35.0 Å². The van der Waals surface area contributed by atoms with Crippen LogP contribution in [0.15, 0.2) is 42.6 Å². The SMILES string of the molecule is COC(=O)c1c(Cl)c2c(nc(N)n3nc(-c4ccccn4)nc23)n1CCN1CCN(c2ccc(C#N)cc2F)CC1. The van der Waals surface area contributed by atoms with Crippen LogP contribution in [0.5, 0.6) is 0 Å². The molecule has 0 bridgehead atoms. The maximum absolute atomic E-state index is 14.5. The highest BCUT2D eigenvalue weighted by molar-refractivity contribution is 6.39. The number of rotatable bonds is 6. The molecular formula is C27H24ClFN10O2. The Morgan fingerprint density at radius 3 is 2.63 bits per heavy atom. The Morgan fingerprint density at radius 2 is 1.95 bits per heavy atom. The number of nitrogen functional groups attached to an aromatic ring is 1. The standard InChI is InChI=1S/C27H24ClFN10O2/c1-41-26(40)22-21(28)20-24(34-27(31)39-25(20)33-23(35-39)18-4-2-3-7-32-18)38(22)13-10-36-8-11-37(12-9-36)19-6-5-16(15-30)14-17(19)29/h2-7,14H,8-13H2,1H3,(H2,31,34). The van der Waals surface area contributed by atoms with Crippen LogP contribution in [-0.2, 0) is 11.3 Å². The fraction of sp³-hybridized carbons (Fsp3) is 0.259. The van der Waals surface area contributed by atoms with E-state index in [1.165, 1.54) is 17.7 Å². The summed E-state index contributed by atoms with van der Waals surface area (Å²) < 4.78 is 22.7. The summed E-state index contributed by atoms with van der Waals surface area (Å²) in [5, 5.41) is 14.0. The number of benzene rings is 1. The maximum Gasteiger partial charge on any atom is 0.356 e. The number of nitriles is 1. The van der Waals surface area contributed by atoms with E-state index in [0.717, 1.165) is 0 Å². The summed E-state index contributed by atoms with van der Waals surface area (Å²) in [6, 6.07) is 11.9. The smallest absolute Gasteiger partial charge is 0.356 e. The number of aromatic nitrogens is 6. The maximum atomic E-state index is 14.5. The molecule has 4 aromatic heterocycles. The Kier molecular flexibility index (Phi) is 6.86. The number of piperazine rings is 1. The average molecular weight is 575 g/mol. The summed E-state index contributed by atoms with van der Waals surface area (Å²) in [5.41, 5.74) is 8.47. The van der Waals surface area contributed by atoms with Gasteiger partial charge in [-0.2, -0.15) is 14.8 Å². The molecule has 5 heterocycles. The lowest BCUT2D eigenvalue weighted by molar-refractivity contribution is 0.0588. The zero-order valence-electron chi connectivity index (χ0n) is 22.0. The van der Waals surface area contributed by atoms with Gasteiger partial charge < -0.3 is 19.9 Å². The summed E-state index contributed by atoms with van der Waals surface area (Å²) in [6.45, 7) is 3.45. The first-order valence-electron chi connectivity index (χ1n) is 12.8. The minimum Gasteiger partial charge on any atom is -0.464 e. The highest BCUT2D eigenvalue weighted by atomic mass is 35.5. The molecule has 0 unspecified atom stereocenters. The van der Waals surface area contributed by atoms with Crippen molar-refractivity contribution in [3.63, 3.8) is 0 Å². The number of carbonyl (C=O) groups excluding carboxylic acids is 1. The van der Waals surface area contributed by atoms with E-state index in [1.807, 2.05) is 17.0 Å². The number of nitrogens with zero attached hydrogens (tertiary/aromatic N) is 9. The molecule has 1 saturated heterocycles. The number of ether oxygens (including phenoxy) is 1. The molecule has 1 aliphatic heterocycles. The summed E-state index contributed by atoms with van der Waals surface area (Å²) in [6.07, 6.45) is 1.64. The van der Waals surface area contributed by atoms with Crippen molar-refractivity contribution in [1.29, 1.82) is 5.26 Å². The van der Waals surface area contributed by atoms with Gasteiger partial charge in [0.1, 0.15) is 22.9 Å². The highest BCUT2D eigenvalue weighted by Gasteiger charge is 2.28. The Balaban J connectivity index is 1.29. The number of hydrogen-bond acceptors (Lipinski definition) is 10. The van der Waals surface area contributed by atoms with Crippen LogP contribution in [0.25, 0.3) is 28.2 Å². The lowest BCUT2D eigenvalue weighted by Crippen LogP contribution is -2.47. The normalized spacial score (nSPS) is 14.0. The molecule has 1 fully saturated rings. The number of methoxy groups -OCH3 is 1. The highest BCUT2D eigenvalue weighted by Crippen LogP contribution is 2.34. The van der Waals surface area contributed by atoms with Crippen LogP contribution >= 0.6 is 11.6 Å². The van der Waals surface area contributed by atoms with Crippen molar-refractivity contribution >= 4 is 45.9 Å². The molecule has 1 aliphatic rings. The average Bonchev–Trinajstić information content (AvgIpc) is 3.56. The van der Waals surface area contributed by atoms with Gasteiger partial charge in [-0.15, -0.1) is 5.10 Å². The Morgan fingerprint density at radius 1 is 1.15 bits per heavy atom. The van der Waals surface area contributed by atoms with Crippen LogP contribution in [0.1, 0.15) is 16.1 Å². The Bertz CT molecular complexity index is 1820. The number of halogens is 2. The van der Waals surface area contributed by atoms with Crippen LogP contribution in [0.2, 0.25) is 5.02 Å². The van der Waals surface area contributed by atoms with Crippen LogP contribution in [0.3, 0.4) is 0 Å². The molecule has 6 rings (SSSR count). The largest absolute Gasteiger partial charge is 0.464 e. The Labute approximate surface area is 238 Å². The number of pyridine rings is 1. The predicted octanol–water partition coefficient (Wildman–Crippen LogP) is 3.00. The van der Waals surface area contributed by atoms with Crippen LogP contribution in [-0.4, -0.2) is 79.8 Å². The van der Waals surface area contributed by atoms with Crippen LogP contribution in [0, 0.1) is 17.1 Å². The summed E-state index contributed by atoms with van der Waals surface area (Å²) >= 11 is 6.79. The summed E-state index contributed by atoms with van der Waals surface area (Å²) in [4.78, 5) is 30.5. The number of esters is 1.